The van der Waals surface area contributed by atoms with Crippen molar-refractivity contribution in [2.24, 2.45) is 0 Å². The topological polar surface area (TPSA) is 134 Å². The highest BCUT2D eigenvalue weighted by molar-refractivity contribution is 5.74. The third-order valence-corrected chi connectivity index (χ3v) is 11.4. The van der Waals surface area contributed by atoms with Gasteiger partial charge in [0.15, 0.2) is 0 Å². The molecule has 11 N–H and O–H groups in total. The summed E-state index contributed by atoms with van der Waals surface area (Å²) in [6, 6.07) is 84.1. The van der Waals surface area contributed by atoms with Crippen LogP contribution in [-0.4, -0.2) is 0 Å². The first-order valence-corrected chi connectivity index (χ1v) is 23.1. The summed E-state index contributed by atoms with van der Waals surface area (Å²) >= 11 is 0. The monoisotopic (exact) mass is 912 g/mol. The molecule has 342 valence electrons. The van der Waals surface area contributed by atoms with Gasteiger partial charge in [-0.15, -0.1) is 0 Å². The van der Waals surface area contributed by atoms with Crippen molar-refractivity contribution in [3.8, 4) is 0 Å². The Bertz CT molecular complexity index is 3200. The van der Waals surface area contributed by atoms with Crippen LogP contribution in [0.4, 0.5) is 108 Å². The van der Waals surface area contributed by atoms with Gasteiger partial charge in [-0.2, -0.15) is 0 Å². The quantitative estimate of drug-likeness (QED) is 0.0379. The van der Waals surface area contributed by atoms with Gasteiger partial charge in [0.1, 0.15) is 0 Å². The summed E-state index contributed by atoms with van der Waals surface area (Å²) in [5.74, 6) is 0. The van der Waals surface area contributed by atoms with Gasteiger partial charge in [0.05, 0.1) is 0 Å². The Morgan fingerprint density at radius 2 is 0.257 bits per heavy atom. The second-order valence-electron chi connectivity index (χ2n) is 16.7. The number of hydrogen-bond acceptors (Lipinski definition) is 10. The molecular formula is C60H52N10. The maximum absolute atomic E-state index is 5.80. The molecule has 10 nitrogen and oxygen atoms in total. The Labute approximate surface area is 408 Å². The first-order valence-electron chi connectivity index (χ1n) is 23.1. The molecule has 10 aromatic rings. The van der Waals surface area contributed by atoms with Gasteiger partial charge >= 0.3 is 0 Å². The molecular weight excluding hydrogens is 861 g/mol. The summed E-state index contributed by atoms with van der Waals surface area (Å²) in [4.78, 5) is 0. The Balaban J connectivity index is 0.640. The minimum absolute atomic E-state index is 0.746. The molecule has 0 heterocycles. The molecule has 10 aromatic carbocycles. The van der Waals surface area contributed by atoms with Crippen LogP contribution in [0.1, 0.15) is 0 Å². The number of rotatable bonds is 18. The van der Waals surface area contributed by atoms with E-state index in [2.05, 4.69) is 242 Å². The number of nitrogens with one attached hydrogen (secondary N) is 9. The zero-order valence-electron chi connectivity index (χ0n) is 38.2. The van der Waals surface area contributed by atoms with Crippen LogP contribution in [0.2, 0.25) is 0 Å². The highest BCUT2D eigenvalue weighted by Gasteiger charge is 2.05. The van der Waals surface area contributed by atoms with E-state index in [0.717, 1.165) is 108 Å². The molecule has 0 radical (unpaired) electrons. The van der Waals surface area contributed by atoms with Crippen molar-refractivity contribution in [1.29, 1.82) is 0 Å². The second kappa shape index (κ2) is 21.2. The minimum atomic E-state index is 0.746. The second-order valence-corrected chi connectivity index (χ2v) is 16.7. The molecule has 0 atom stereocenters. The van der Waals surface area contributed by atoms with Crippen LogP contribution in [0, 0.1) is 0 Å². The number of anilines is 19. The van der Waals surface area contributed by atoms with Gasteiger partial charge in [-0.3, -0.25) is 0 Å². The van der Waals surface area contributed by atoms with Crippen LogP contribution in [0.5, 0.6) is 0 Å². The number of para-hydroxylation sites is 1. The fourth-order valence-electron chi connectivity index (χ4n) is 7.68. The van der Waals surface area contributed by atoms with Crippen LogP contribution < -0.4 is 53.6 Å². The number of nitrogen functional groups attached to an aromatic ring is 1. The van der Waals surface area contributed by atoms with E-state index in [1.165, 1.54) is 0 Å². The zero-order chi connectivity index (χ0) is 47.3. The Kier molecular flexibility index (Phi) is 13.4. The van der Waals surface area contributed by atoms with Crippen molar-refractivity contribution < 1.29 is 0 Å². The molecule has 0 spiro atoms. The van der Waals surface area contributed by atoms with E-state index >= 15 is 0 Å². The van der Waals surface area contributed by atoms with E-state index in [1.807, 2.05) is 54.6 Å². The van der Waals surface area contributed by atoms with Gasteiger partial charge in [0.25, 0.3) is 0 Å². The van der Waals surface area contributed by atoms with E-state index in [0.29, 0.717) is 0 Å². The van der Waals surface area contributed by atoms with E-state index in [9.17, 15) is 0 Å². The Morgan fingerprint density at radius 1 is 0.143 bits per heavy atom. The summed E-state index contributed by atoms with van der Waals surface area (Å²) in [6.45, 7) is 0. The first-order chi connectivity index (χ1) is 34.4. The Morgan fingerprint density at radius 3 is 0.400 bits per heavy atom. The van der Waals surface area contributed by atoms with Crippen molar-refractivity contribution in [1.82, 2.24) is 0 Å². The van der Waals surface area contributed by atoms with Crippen LogP contribution >= 0.6 is 0 Å². The predicted molar refractivity (Wildman–Crippen MR) is 298 cm³/mol. The smallest absolute Gasteiger partial charge is 0.0385 e. The normalized spacial score (nSPS) is 10.6. The molecule has 10 heteroatoms. The van der Waals surface area contributed by atoms with Crippen LogP contribution in [0.15, 0.2) is 249 Å². The Hall–Kier alpha value is -9.80. The molecule has 10 rings (SSSR count). The van der Waals surface area contributed by atoms with Gasteiger partial charge in [0, 0.05) is 108 Å². The number of benzene rings is 10. The molecule has 0 unspecified atom stereocenters. The molecule has 0 saturated heterocycles. The summed E-state index contributed by atoms with van der Waals surface area (Å²) in [5, 5.41) is 31.3. The van der Waals surface area contributed by atoms with Crippen LogP contribution in [0.25, 0.3) is 0 Å². The lowest BCUT2D eigenvalue weighted by Gasteiger charge is -2.13. The summed E-state index contributed by atoms with van der Waals surface area (Å²) < 4.78 is 0. The molecule has 0 aromatic heterocycles. The standard InChI is InChI=1S/C60H52N10/c61-42-6-8-44(9-7-42)63-46-14-16-48(17-15-46)65-50-22-24-52(25-23-50)67-54-30-32-56(33-31-54)69-58-38-40-60(41-39-58)70-59-36-34-57(35-37-59)68-55-28-26-53(27-29-55)66-51-20-18-49(19-21-51)64-47-12-10-45(11-13-47)62-43-4-2-1-3-5-43/h1-41,62-70H,61H2. The fourth-order valence-corrected chi connectivity index (χ4v) is 7.68. The number of nitrogens with two attached hydrogens (primary N) is 1. The van der Waals surface area contributed by atoms with Gasteiger partial charge < -0.3 is 53.6 Å². The average Bonchev–Trinajstić information content (AvgIpc) is 3.40. The zero-order valence-corrected chi connectivity index (χ0v) is 38.2. The van der Waals surface area contributed by atoms with Crippen molar-refractivity contribution in [2.45, 2.75) is 0 Å². The molecule has 0 aliphatic heterocycles. The highest BCUT2D eigenvalue weighted by atomic mass is 14.9. The third-order valence-electron chi connectivity index (χ3n) is 11.4. The summed E-state index contributed by atoms with van der Waals surface area (Å²) in [6.07, 6.45) is 0. The van der Waals surface area contributed by atoms with E-state index in [1.54, 1.807) is 0 Å². The first kappa shape index (κ1) is 44.1. The molecule has 0 fully saturated rings. The van der Waals surface area contributed by atoms with Crippen molar-refractivity contribution in [2.75, 3.05) is 53.6 Å². The molecule has 0 bridgehead atoms. The maximum Gasteiger partial charge on any atom is 0.0385 e. The fraction of sp³-hybridized carbons (Fsp3) is 0. The SMILES string of the molecule is Nc1ccc(Nc2ccc(Nc3ccc(Nc4ccc(Nc5ccc(Nc6ccc(Nc7ccc(Nc8ccc(Nc9ccc(Nc%10ccccc%10)cc9)cc8)cc7)cc6)cc5)cc4)cc3)cc2)cc1. The summed E-state index contributed by atoms with van der Waals surface area (Å²) in [7, 11) is 0. The molecule has 70 heavy (non-hydrogen) atoms. The highest BCUT2D eigenvalue weighted by Crippen LogP contribution is 2.29. The van der Waals surface area contributed by atoms with Crippen molar-refractivity contribution in [3.63, 3.8) is 0 Å². The molecule has 0 saturated carbocycles. The number of hydrogen-bond donors (Lipinski definition) is 10. The maximum atomic E-state index is 5.80. The minimum Gasteiger partial charge on any atom is -0.399 e. The van der Waals surface area contributed by atoms with Crippen LogP contribution in [0.3, 0.4) is 0 Å². The van der Waals surface area contributed by atoms with Gasteiger partial charge in [-0.05, 0) is 231 Å². The average molecular weight is 913 g/mol. The van der Waals surface area contributed by atoms with Gasteiger partial charge in [-0.25, -0.2) is 0 Å². The lowest BCUT2D eigenvalue weighted by atomic mass is 10.2. The van der Waals surface area contributed by atoms with Gasteiger partial charge in [-0.1, -0.05) is 18.2 Å². The van der Waals surface area contributed by atoms with E-state index in [4.69, 9.17) is 5.73 Å². The molecule has 0 aliphatic carbocycles. The lowest BCUT2D eigenvalue weighted by molar-refractivity contribution is 1.49. The third kappa shape index (κ3) is 12.3. The van der Waals surface area contributed by atoms with E-state index < -0.39 is 0 Å². The molecule has 0 aliphatic rings. The molecule has 0 amide bonds. The van der Waals surface area contributed by atoms with E-state index in [-0.39, 0.29) is 0 Å². The summed E-state index contributed by atoms with van der Waals surface area (Å²) in [5.41, 5.74) is 24.8. The van der Waals surface area contributed by atoms with Crippen molar-refractivity contribution in [3.05, 3.63) is 249 Å². The predicted octanol–water partition coefficient (Wildman–Crippen LogP) is 17.0. The largest absolute Gasteiger partial charge is 0.399 e. The van der Waals surface area contributed by atoms with Gasteiger partial charge in [0.2, 0.25) is 0 Å². The lowest BCUT2D eigenvalue weighted by Crippen LogP contribution is -1.95. The van der Waals surface area contributed by atoms with Crippen molar-refractivity contribution >= 4 is 108 Å². The van der Waals surface area contributed by atoms with Crippen LogP contribution in [-0.2, 0) is 0 Å².